The van der Waals surface area contributed by atoms with E-state index in [0.717, 1.165) is 5.56 Å². The molecule has 0 aliphatic rings. The van der Waals surface area contributed by atoms with Crippen molar-refractivity contribution in [3.05, 3.63) is 60.2 Å². The maximum absolute atomic E-state index is 12.5. The number of hydrogen-bond acceptors (Lipinski definition) is 4. The van der Waals surface area contributed by atoms with Crippen molar-refractivity contribution in [2.45, 2.75) is 44.7 Å². The van der Waals surface area contributed by atoms with Gasteiger partial charge in [-0.1, -0.05) is 44.2 Å². The molecule has 0 radical (unpaired) electrons. The van der Waals surface area contributed by atoms with Crippen LogP contribution in [0.3, 0.4) is 0 Å². The van der Waals surface area contributed by atoms with E-state index in [1.165, 1.54) is 16.4 Å². The minimum absolute atomic E-state index is 0.0704. The average molecular weight is 418 g/mol. The molecule has 1 amide bonds. The monoisotopic (exact) mass is 417 g/mol. The number of carbonyl (C=O) groups is 1. The van der Waals surface area contributed by atoms with Crippen LogP contribution < -0.4 is 10.6 Å². The highest BCUT2D eigenvalue weighted by Gasteiger charge is 2.23. The summed E-state index contributed by atoms with van der Waals surface area (Å²) in [6.07, 6.45) is 0. The van der Waals surface area contributed by atoms with Crippen molar-refractivity contribution < 1.29 is 13.2 Å². The van der Waals surface area contributed by atoms with Gasteiger partial charge in [-0.15, -0.1) is 0 Å². The zero-order chi connectivity index (χ0) is 21.6. The summed E-state index contributed by atoms with van der Waals surface area (Å²) in [5.74, 6) is 0.147. The molecule has 0 aliphatic heterocycles. The van der Waals surface area contributed by atoms with Crippen LogP contribution in [-0.2, 0) is 14.8 Å². The number of benzene rings is 2. The first-order valence-electron chi connectivity index (χ1n) is 9.79. The lowest BCUT2D eigenvalue weighted by molar-refractivity contribution is -0.115. The van der Waals surface area contributed by atoms with E-state index in [2.05, 4.69) is 24.5 Å². The summed E-state index contributed by atoms with van der Waals surface area (Å²) in [5, 5.41) is 6.11. The largest absolute Gasteiger partial charge is 0.325 e. The van der Waals surface area contributed by atoms with Crippen molar-refractivity contribution in [1.82, 2.24) is 9.62 Å². The molecule has 0 fully saturated rings. The molecular formula is C22H31N3O3S. The second-order valence-electron chi connectivity index (χ2n) is 7.70. The highest BCUT2D eigenvalue weighted by molar-refractivity contribution is 7.89. The van der Waals surface area contributed by atoms with Crippen molar-refractivity contribution in [1.29, 1.82) is 0 Å². The lowest BCUT2D eigenvalue weighted by Gasteiger charge is -2.23. The van der Waals surface area contributed by atoms with E-state index in [1.807, 2.05) is 44.2 Å². The third-order valence-corrected chi connectivity index (χ3v) is 6.90. The SMILES string of the molecule is CC(C)[C@@H](NCC(=O)Nc1ccc(S(=O)(=O)N(C)C(C)C)cc1)c1ccccc1. The Balaban J connectivity index is 1.99. The van der Waals surface area contributed by atoms with Crippen LogP contribution in [-0.4, -0.2) is 38.3 Å². The molecule has 29 heavy (non-hydrogen) atoms. The molecule has 6 nitrogen and oxygen atoms in total. The molecule has 158 valence electrons. The molecule has 2 aromatic rings. The molecule has 2 aromatic carbocycles. The van der Waals surface area contributed by atoms with Crippen LogP contribution in [0.2, 0.25) is 0 Å². The smallest absolute Gasteiger partial charge is 0.243 e. The van der Waals surface area contributed by atoms with Crippen molar-refractivity contribution >= 4 is 21.6 Å². The van der Waals surface area contributed by atoms with Gasteiger partial charge in [0.15, 0.2) is 0 Å². The van der Waals surface area contributed by atoms with Gasteiger partial charge in [0.05, 0.1) is 11.4 Å². The average Bonchev–Trinajstić information content (AvgIpc) is 2.68. The number of rotatable bonds is 9. The standard InChI is InChI=1S/C22H31N3O3S/c1-16(2)22(18-9-7-6-8-10-18)23-15-21(26)24-19-11-13-20(14-12-19)29(27,28)25(5)17(3)4/h6-14,16-17,22-23H,15H2,1-5H3,(H,24,26)/t22-/m1/s1. The summed E-state index contributed by atoms with van der Waals surface area (Å²) in [7, 11) is -1.98. The van der Waals surface area contributed by atoms with Crippen LogP contribution >= 0.6 is 0 Å². The Morgan fingerprint density at radius 3 is 2.07 bits per heavy atom. The van der Waals surface area contributed by atoms with Gasteiger partial charge < -0.3 is 10.6 Å². The molecule has 0 saturated heterocycles. The van der Waals surface area contributed by atoms with Gasteiger partial charge in [0, 0.05) is 24.8 Å². The van der Waals surface area contributed by atoms with Crippen LogP contribution in [0, 0.1) is 5.92 Å². The molecule has 0 bridgehead atoms. The predicted molar refractivity (Wildman–Crippen MR) is 117 cm³/mol. The van der Waals surface area contributed by atoms with Crippen molar-refractivity contribution in [3.8, 4) is 0 Å². The van der Waals surface area contributed by atoms with E-state index in [-0.39, 0.29) is 29.4 Å². The molecule has 0 saturated carbocycles. The second-order valence-corrected chi connectivity index (χ2v) is 9.70. The van der Waals surface area contributed by atoms with Crippen molar-refractivity contribution in [2.24, 2.45) is 5.92 Å². The Labute approximate surface area is 174 Å². The fourth-order valence-corrected chi connectivity index (χ4v) is 4.33. The summed E-state index contributed by atoms with van der Waals surface area (Å²) in [6, 6.07) is 16.2. The number of amides is 1. The fourth-order valence-electron chi connectivity index (χ4n) is 2.96. The van der Waals surface area contributed by atoms with Gasteiger partial charge in [0.1, 0.15) is 0 Å². The van der Waals surface area contributed by atoms with Gasteiger partial charge in [0.25, 0.3) is 0 Å². The van der Waals surface area contributed by atoms with Crippen LogP contribution in [0.15, 0.2) is 59.5 Å². The molecule has 7 heteroatoms. The molecule has 0 unspecified atom stereocenters. The summed E-state index contributed by atoms with van der Waals surface area (Å²) in [5.41, 5.74) is 1.70. The molecule has 2 rings (SSSR count). The number of hydrogen-bond donors (Lipinski definition) is 2. The van der Waals surface area contributed by atoms with E-state index < -0.39 is 10.0 Å². The molecule has 0 heterocycles. The minimum atomic E-state index is -3.54. The van der Waals surface area contributed by atoms with Gasteiger partial charge in [-0.2, -0.15) is 4.31 Å². The first kappa shape index (κ1) is 23.1. The van der Waals surface area contributed by atoms with Gasteiger partial charge in [-0.3, -0.25) is 4.79 Å². The number of nitrogens with zero attached hydrogens (tertiary/aromatic N) is 1. The molecule has 1 atom stereocenters. The maximum atomic E-state index is 12.5. The summed E-state index contributed by atoms with van der Waals surface area (Å²) in [6.45, 7) is 8.01. The number of sulfonamides is 1. The molecule has 0 aliphatic carbocycles. The number of nitrogens with one attached hydrogen (secondary N) is 2. The molecule has 0 spiro atoms. The minimum Gasteiger partial charge on any atom is -0.325 e. The van der Waals surface area contributed by atoms with E-state index >= 15 is 0 Å². The maximum Gasteiger partial charge on any atom is 0.243 e. The predicted octanol–water partition coefficient (Wildman–Crippen LogP) is 3.64. The number of anilines is 1. The zero-order valence-corrected chi connectivity index (χ0v) is 18.5. The second kappa shape index (κ2) is 10.0. The van der Waals surface area contributed by atoms with Gasteiger partial charge >= 0.3 is 0 Å². The van der Waals surface area contributed by atoms with E-state index in [0.29, 0.717) is 11.6 Å². The summed E-state index contributed by atoms with van der Waals surface area (Å²) < 4.78 is 26.3. The first-order valence-corrected chi connectivity index (χ1v) is 11.2. The zero-order valence-electron chi connectivity index (χ0n) is 17.7. The Bertz CT molecular complexity index is 895. The van der Waals surface area contributed by atoms with Crippen LogP contribution in [0.5, 0.6) is 0 Å². The van der Waals surface area contributed by atoms with Crippen molar-refractivity contribution in [2.75, 3.05) is 18.9 Å². The van der Waals surface area contributed by atoms with Gasteiger partial charge in [-0.05, 0) is 49.6 Å². The third kappa shape index (κ3) is 6.13. The Morgan fingerprint density at radius 1 is 0.966 bits per heavy atom. The Hall–Kier alpha value is -2.22. The quantitative estimate of drug-likeness (QED) is 0.653. The molecule has 2 N–H and O–H groups in total. The van der Waals surface area contributed by atoms with Crippen LogP contribution in [0.25, 0.3) is 0 Å². The van der Waals surface area contributed by atoms with E-state index in [1.54, 1.807) is 19.2 Å². The number of carbonyl (C=O) groups excluding carboxylic acids is 1. The van der Waals surface area contributed by atoms with E-state index in [9.17, 15) is 13.2 Å². The van der Waals surface area contributed by atoms with E-state index in [4.69, 9.17) is 0 Å². The molecule has 0 aromatic heterocycles. The summed E-state index contributed by atoms with van der Waals surface area (Å²) in [4.78, 5) is 12.6. The van der Waals surface area contributed by atoms with Gasteiger partial charge in [-0.25, -0.2) is 8.42 Å². The highest BCUT2D eigenvalue weighted by Crippen LogP contribution is 2.21. The van der Waals surface area contributed by atoms with Crippen molar-refractivity contribution in [3.63, 3.8) is 0 Å². The topological polar surface area (TPSA) is 78.5 Å². The van der Waals surface area contributed by atoms with Crippen LogP contribution in [0.4, 0.5) is 5.69 Å². The normalized spacial score (nSPS) is 13.1. The lowest BCUT2D eigenvalue weighted by Crippen LogP contribution is -2.34. The lowest BCUT2D eigenvalue weighted by atomic mass is 9.96. The summed E-state index contributed by atoms with van der Waals surface area (Å²) >= 11 is 0. The Morgan fingerprint density at radius 2 is 1.55 bits per heavy atom. The van der Waals surface area contributed by atoms with Crippen LogP contribution in [0.1, 0.15) is 39.3 Å². The third-order valence-electron chi connectivity index (χ3n) is 4.85. The Kier molecular flexibility index (Phi) is 7.96. The van der Waals surface area contributed by atoms with Gasteiger partial charge in [0.2, 0.25) is 15.9 Å². The molecular weight excluding hydrogens is 386 g/mol. The fraction of sp³-hybridized carbons (Fsp3) is 0.409. The first-order chi connectivity index (χ1) is 13.6. The highest BCUT2D eigenvalue weighted by atomic mass is 32.2.